The highest BCUT2D eigenvalue weighted by Crippen LogP contribution is 2.28. The van der Waals surface area contributed by atoms with Gasteiger partial charge in [-0.25, -0.2) is 5.01 Å². The molecule has 88 valence electrons. The number of hydrogen-bond acceptors (Lipinski definition) is 4. The van der Waals surface area contributed by atoms with Crippen molar-refractivity contribution in [1.29, 1.82) is 0 Å². The van der Waals surface area contributed by atoms with Gasteiger partial charge in [-0.3, -0.25) is 9.99 Å². The van der Waals surface area contributed by atoms with Crippen LogP contribution in [0.2, 0.25) is 0 Å². The third-order valence-electron chi connectivity index (χ3n) is 2.79. The molecule has 1 unspecified atom stereocenters. The maximum absolute atomic E-state index is 4.30. The van der Waals surface area contributed by atoms with Gasteiger partial charge in [-0.05, 0) is 11.6 Å². The Morgan fingerprint density at radius 1 is 1.41 bits per heavy atom. The molecule has 1 aromatic rings. The van der Waals surface area contributed by atoms with E-state index in [9.17, 15) is 0 Å². The van der Waals surface area contributed by atoms with Gasteiger partial charge in [0.1, 0.15) is 0 Å². The van der Waals surface area contributed by atoms with Crippen molar-refractivity contribution >= 4 is 18.3 Å². The molecule has 1 aliphatic heterocycles. The van der Waals surface area contributed by atoms with E-state index in [-0.39, 0.29) is 6.04 Å². The zero-order valence-corrected chi connectivity index (χ0v) is 10.6. The van der Waals surface area contributed by atoms with Crippen molar-refractivity contribution < 1.29 is 0 Å². The maximum atomic E-state index is 4.30. The Balaban J connectivity index is 2.38. The quantitative estimate of drug-likeness (QED) is 0.653. The Labute approximate surface area is 107 Å². The second-order valence-electron chi connectivity index (χ2n) is 3.83. The lowest BCUT2D eigenvalue weighted by Crippen LogP contribution is -2.37. The molecular formula is C13H15N3S. The molecule has 1 atom stereocenters. The predicted molar refractivity (Wildman–Crippen MR) is 74.0 cm³/mol. The molecular weight excluding hydrogens is 230 g/mol. The summed E-state index contributed by atoms with van der Waals surface area (Å²) in [5.41, 5.74) is 2.09. The fourth-order valence-electron chi connectivity index (χ4n) is 1.92. The molecule has 17 heavy (non-hydrogen) atoms. The number of pyridine rings is 1. The number of hydrogen-bond donors (Lipinski definition) is 1. The van der Waals surface area contributed by atoms with Gasteiger partial charge in [0, 0.05) is 24.3 Å². The van der Waals surface area contributed by atoms with Gasteiger partial charge in [0.25, 0.3) is 0 Å². The molecule has 3 nitrogen and oxygen atoms in total. The molecule has 1 aliphatic rings. The molecule has 0 saturated carbocycles. The van der Waals surface area contributed by atoms with Crippen LogP contribution in [0, 0.1) is 0 Å². The molecule has 0 radical (unpaired) electrons. The summed E-state index contributed by atoms with van der Waals surface area (Å²) in [5, 5.41) is 4.10. The van der Waals surface area contributed by atoms with Crippen LogP contribution in [0.1, 0.15) is 0 Å². The van der Waals surface area contributed by atoms with Crippen molar-refractivity contribution in [1.82, 2.24) is 9.99 Å². The monoisotopic (exact) mass is 245 g/mol. The zero-order chi connectivity index (χ0) is 12.4. The summed E-state index contributed by atoms with van der Waals surface area (Å²) in [4.78, 5) is 4.98. The van der Waals surface area contributed by atoms with Gasteiger partial charge in [0.15, 0.2) is 0 Å². The van der Waals surface area contributed by atoms with Crippen LogP contribution in [-0.2, 0) is 0 Å². The number of anilines is 1. The Bertz CT molecular complexity index is 481. The molecule has 0 aliphatic carbocycles. The average Bonchev–Trinajstić information content (AvgIpc) is 2.65. The SMILES string of the molecule is C=CC1=CN(c2cncc(S)c2)N(C)C1C=C. The second kappa shape index (κ2) is 4.77. The lowest BCUT2D eigenvalue weighted by atomic mass is 10.1. The van der Waals surface area contributed by atoms with Gasteiger partial charge in [-0.1, -0.05) is 18.7 Å². The predicted octanol–water partition coefficient (Wildman–Crippen LogP) is 2.66. The maximum Gasteiger partial charge on any atom is 0.0767 e. The number of rotatable bonds is 3. The summed E-state index contributed by atoms with van der Waals surface area (Å²) in [7, 11) is 2.00. The van der Waals surface area contributed by atoms with E-state index in [4.69, 9.17) is 0 Å². The largest absolute Gasteiger partial charge is 0.279 e. The minimum absolute atomic E-state index is 0.149. The fraction of sp³-hybridized carbons (Fsp3) is 0.154. The van der Waals surface area contributed by atoms with Crippen LogP contribution >= 0.6 is 12.6 Å². The van der Waals surface area contributed by atoms with Gasteiger partial charge in [-0.15, -0.1) is 19.2 Å². The first-order valence-electron chi connectivity index (χ1n) is 5.30. The van der Waals surface area contributed by atoms with E-state index in [2.05, 4.69) is 35.8 Å². The third-order valence-corrected chi connectivity index (χ3v) is 3.03. The molecule has 0 amide bonds. The van der Waals surface area contributed by atoms with Crippen LogP contribution in [0.3, 0.4) is 0 Å². The van der Waals surface area contributed by atoms with Crippen molar-refractivity contribution in [3.8, 4) is 0 Å². The molecule has 0 aromatic carbocycles. The van der Waals surface area contributed by atoms with E-state index in [0.717, 1.165) is 16.2 Å². The Kier molecular flexibility index (Phi) is 3.36. The van der Waals surface area contributed by atoms with E-state index in [1.165, 1.54) is 0 Å². The number of likely N-dealkylation sites (N-methyl/N-ethyl adjacent to an activating group) is 1. The molecule has 1 aromatic heterocycles. The van der Waals surface area contributed by atoms with Crippen LogP contribution in [-0.4, -0.2) is 23.1 Å². The fourth-order valence-corrected chi connectivity index (χ4v) is 2.12. The highest BCUT2D eigenvalue weighted by molar-refractivity contribution is 7.80. The van der Waals surface area contributed by atoms with Gasteiger partial charge in [0.05, 0.1) is 17.9 Å². The van der Waals surface area contributed by atoms with Crippen LogP contribution in [0.4, 0.5) is 5.69 Å². The standard InChI is InChI=1S/C13H15N3S/c1-4-10-9-16(15(3)13(10)5-2)11-6-12(17)8-14-7-11/h4-9,13,17H,1-2H2,3H3. The lowest BCUT2D eigenvalue weighted by Gasteiger charge is -2.28. The number of aromatic nitrogens is 1. The summed E-state index contributed by atoms with van der Waals surface area (Å²) >= 11 is 4.30. The van der Waals surface area contributed by atoms with Crippen LogP contribution in [0.5, 0.6) is 0 Å². The minimum Gasteiger partial charge on any atom is -0.279 e. The van der Waals surface area contributed by atoms with E-state index in [1.54, 1.807) is 12.4 Å². The summed E-state index contributed by atoms with van der Waals surface area (Å²) in [6.45, 7) is 7.67. The first-order chi connectivity index (χ1) is 8.17. The smallest absolute Gasteiger partial charge is 0.0767 e. The Hall–Kier alpha value is -1.52. The number of thiol groups is 1. The second-order valence-corrected chi connectivity index (χ2v) is 4.35. The van der Waals surface area contributed by atoms with Gasteiger partial charge < -0.3 is 0 Å². The van der Waals surface area contributed by atoms with Crippen LogP contribution < -0.4 is 5.01 Å². The van der Waals surface area contributed by atoms with E-state index >= 15 is 0 Å². The van der Waals surface area contributed by atoms with Crippen molar-refractivity contribution in [3.05, 3.63) is 55.5 Å². The summed E-state index contributed by atoms with van der Waals surface area (Å²) in [5.74, 6) is 0. The van der Waals surface area contributed by atoms with Crippen molar-refractivity contribution in [2.75, 3.05) is 12.1 Å². The van der Waals surface area contributed by atoms with Crippen LogP contribution in [0.15, 0.2) is 60.4 Å². The first-order valence-corrected chi connectivity index (χ1v) is 5.74. The van der Waals surface area contributed by atoms with Gasteiger partial charge >= 0.3 is 0 Å². The molecule has 0 fully saturated rings. The van der Waals surface area contributed by atoms with Gasteiger partial charge in [0.2, 0.25) is 0 Å². The van der Waals surface area contributed by atoms with Crippen molar-refractivity contribution in [2.45, 2.75) is 10.9 Å². The molecule has 2 rings (SSSR count). The number of nitrogens with zero attached hydrogens (tertiary/aromatic N) is 3. The molecule has 0 bridgehead atoms. The minimum atomic E-state index is 0.149. The Morgan fingerprint density at radius 2 is 2.18 bits per heavy atom. The normalized spacial score (nSPS) is 20.2. The molecule has 0 N–H and O–H groups in total. The Morgan fingerprint density at radius 3 is 2.71 bits per heavy atom. The lowest BCUT2D eigenvalue weighted by molar-refractivity contribution is 0.340. The van der Waals surface area contributed by atoms with Crippen LogP contribution in [0.25, 0.3) is 0 Å². The number of hydrazine groups is 1. The zero-order valence-electron chi connectivity index (χ0n) is 9.74. The van der Waals surface area contributed by atoms with Gasteiger partial charge in [-0.2, -0.15) is 0 Å². The summed E-state index contributed by atoms with van der Waals surface area (Å²) in [6.07, 6.45) is 9.29. The summed E-state index contributed by atoms with van der Waals surface area (Å²) < 4.78 is 0. The molecule has 0 saturated heterocycles. The third kappa shape index (κ3) is 2.14. The van der Waals surface area contributed by atoms with Crippen molar-refractivity contribution in [3.63, 3.8) is 0 Å². The van der Waals surface area contributed by atoms with Crippen molar-refractivity contribution in [2.24, 2.45) is 0 Å². The van der Waals surface area contributed by atoms with E-state index < -0.39 is 0 Å². The average molecular weight is 245 g/mol. The van der Waals surface area contributed by atoms with E-state index in [1.807, 2.05) is 36.5 Å². The molecule has 0 spiro atoms. The topological polar surface area (TPSA) is 19.4 Å². The highest BCUT2D eigenvalue weighted by atomic mass is 32.1. The van der Waals surface area contributed by atoms with E-state index in [0.29, 0.717) is 0 Å². The molecule has 2 heterocycles. The molecule has 4 heteroatoms. The summed E-state index contributed by atoms with van der Waals surface area (Å²) in [6, 6.07) is 2.12. The highest BCUT2D eigenvalue weighted by Gasteiger charge is 2.27. The first kappa shape index (κ1) is 12.0.